The minimum Gasteiger partial charge on any atom is -0.496 e. The molecule has 0 aliphatic heterocycles. The summed E-state index contributed by atoms with van der Waals surface area (Å²) in [6, 6.07) is 10.9. The summed E-state index contributed by atoms with van der Waals surface area (Å²) in [7, 11) is 1.55. The molecule has 0 heterocycles. The van der Waals surface area contributed by atoms with E-state index in [1.165, 1.54) is 12.1 Å². The van der Waals surface area contributed by atoms with Gasteiger partial charge in [0.05, 0.1) is 15.6 Å². The maximum atomic E-state index is 12.2. The Labute approximate surface area is 134 Å². The Bertz CT molecular complexity index is 703. The molecule has 0 atom stereocenters. The van der Waals surface area contributed by atoms with Gasteiger partial charge in [-0.15, -0.1) is 0 Å². The molecule has 0 fully saturated rings. The van der Waals surface area contributed by atoms with Crippen molar-refractivity contribution in [2.75, 3.05) is 12.4 Å². The molecule has 0 unspecified atom stereocenters. The van der Waals surface area contributed by atoms with Crippen LogP contribution >= 0.6 is 22.6 Å². The maximum Gasteiger partial charge on any atom is 0.292 e. The molecule has 0 spiro atoms. The van der Waals surface area contributed by atoms with Crippen LogP contribution in [0.4, 0.5) is 11.4 Å². The lowest BCUT2D eigenvalue weighted by Crippen LogP contribution is -2.13. The van der Waals surface area contributed by atoms with Gasteiger partial charge in [0, 0.05) is 11.6 Å². The van der Waals surface area contributed by atoms with E-state index in [1.807, 2.05) is 0 Å². The van der Waals surface area contributed by atoms with Gasteiger partial charge >= 0.3 is 0 Å². The third-order valence-electron chi connectivity index (χ3n) is 2.76. The predicted octanol–water partition coefficient (Wildman–Crippen LogP) is 3.46. The Morgan fingerprint density at radius 3 is 2.62 bits per heavy atom. The van der Waals surface area contributed by atoms with E-state index >= 15 is 0 Å². The van der Waals surface area contributed by atoms with Gasteiger partial charge < -0.3 is 10.1 Å². The molecule has 0 aromatic heterocycles. The minimum atomic E-state index is -0.534. The van der Waals surface area contributed by atoms with E-state index in [4.69, 9.17) is 4.74 Å². The number of nitrogens with one attached hydrogen (secondary N) is 1. The molecule has 2 aromatic rings. The number of halogens is 1. The summed E-state index contributed by atoms with van der Waals surface area (Å²) in [5.74, 6) is 0.253. The summed E-state index contributed by atoms with van der Waals surface area (Å²) in [6.45, 7) is 0. The lowest BCUT2D eigenvalue weighted by molar-refractivity contribution is -0.383. The topological polar surface area (TPSA) is 81.5 Å². The monoisotopic (exact) mass is 398 g/mol. The van der Waals surface area contributed by atoms with Crippen LogP contribution in [0, 0.1) is 13.7 Å². The molecule has 2 rings (SSSR count). The smallest absolute Gasteiger partial charge is 0.292 e. The molecule has 6 nitrogen and oxygen atoms in total. The highest BCUT2D eigenvalue weighted by molar-refractivity contribution is 14.1. The number of hydrogen-bond donors (Lipinski definition) is 1. The summed E-state index contributed by atoms with van der Waals surface area (Å²) >= 11 is 2.05. The van der Waals surface area contributed by atoms with Crippen molar-refractivity contribution in [1.29, 1.82) is 0 Å². The quantitative estimate of drug-likeness (QED) is 0.486. The van der Waals surface area contributed by atoms with Crippen LogP contribution in [0.3, 0.4) is 0 Å². The van der Waals surface area contributed by atoms with Gasteiger partial charge in [0.25, 0.3) is 11.6 Å². The Hall–Kier alpha value is -2.16. The molecule has 0 saturated carbocycles. The van der Waals surface area contributed by atoms with Crippen LogP contribution in [0.15, 0.2) is 42.5 Å². The Balaban J connectivity index is 2.26. The molecule has 1 N–H and O–H groups in total. The number of nitro groups is 1. The summed E-state index contributed by atoms with van der Waals surface area (Å²) < 4.78 is 5.90. The maximum absolute atomic E-state index is 12.2. The number of amides is 1. The van der Waals surface area contributed by atoms with Crippen molar-refractivity contribution in [2.24, 2.45) is 0 Å². The number of methoxy groups -OCH3 is 1. The Kier molecular flexibility index (Phi) is 4.73. The van der Waals surface area contributed by atoms with Gasteiger partial charge in [0.15, 0.2) is 0 Å². The lowest BCUT2D eigenvalue weighted by atomic mass is 10.2. The molecule has 7 heteroatoms. The zero-order chi connectivity index (χ0) is 15.4. The first-order valence-electron chi connectivity index (χ1n) is 5.91. The third kappa shape index (κ3) is 3.48. The average molecular weight is 398 g/mol. The van der Waals surface area contributed by atoms with Crippen molar-refractivity contribution < 1.29 is 14.5 Å². The zero-order valence-electron chi connectivity index (χ0n) is 11.0. The molecule has 0 radical (unpaired) electrons. The first kappa shape index (κ1) is 15.2. The Morgan fingerprint density at radius 2 is 2.00 bits per heavy atom. The van der Waals surface area contributed by atoms with E-state index in [2.05, 4.69) is 27.9 Å². The van der Waals surface area contributed by atoms with E-state index < -0.39 is 10.8 Å². The van der Waals surface area contributed by atoms with Crippen LogP contribution < -0.4 is 10.1 Å². The van der Waals surface area contributed by atoms with Crippen molar-refractivity contribution in [3.05, 3.63) is 61.7 Å². The number of carbonyl (C=O) groups is 1. The van der Waals surface area contributed by atoms with Crippen LogP contribution in [0.1, 0.15) is 10.4 Å². The second kappa shape index (κ2) is 6.53. The number of carbonyl (C=O) groups excluding carboxylic acids is 1. The number of hydrogen-bond acceptors (Lipinski definition) is 4. The van der Waals surface area contributed by atoms with Crippen molar-refractivity contribution in [3.8, 4) is 5.75 Å². The highest BCUT2D eigenvalue weighted by Crippen LogP contribution is 2.25. The highest BCUT2D eigenvalue weighted by Gasteiger charge is 2.16. The predicted molar refractivity (Wildman–Crippen MR) is 86.8 cm³/mol. The van der Waals surface area contributed by atoms with Gasteiger partial charge in [-0.05, 0) is 46.9 Å². The van der Waals surface area contributed by atoms with E-state index in [0.717, 1.165) is 3.57 Å². The van der Waals surface area contributed by atoms with Gasteiger partial charge in [0.1, 0.15) is 11.4 Å². The summed E-state index contributed by atoms with van der Waals surface area (Å²) in [5, 5.41) is 13.5. The van der Waals surface area contributed by atoms with Crippen LogP contribution in [0.5, 0.6) is 5.75 Å². The highest BCUT2D eigenvalue weighted by atomic mass is 127. The van der Waals surface area contributed by atoms with Crippen LogP contribution in [-0.2, 0) is 0 Å². The van der Waals surface area contributed by atoms with Gasteiger partial charge in [0.2, 0.25) is 0 Å². The molecule has 0 saturated heterocycles. The van der Waals surface area contributed by atoms with Gasteiger partial charge in [-0.3, -0.25) is 14.9 Å². The van der Waals surface area contributed by atoms with E-state index in [0.29, 0.717) is 11.3 Å². The number of nitrogens with zero attached hydrogens (tertiary/aromatic N) is 1. The van der Waals surface area contributed by atoms with E-state index in [-0.39, 0.29) is 11.4 Å². The first-order valence-corrected chi connectivity index (χ1v) is 6.99. The largest absolute Gasteiger partial charge is 0.496 e. The summed E-state index contributed by atoms with van der Waals surface area (Å²) in [6.07, 6.45) is 0. The lowest BCUT2D eigenvalue weighted by Gasteiger charge is -2.08. The normalized spacial score (nSPS) is 10.0. The molecule has 1 amide bonds. The summed E-state index contributed by atoms with van der Waals surface area (Å²) in [4.78, 5) is 22.5. The fourth-order valence-electron chi connectivity index (χ4n) is 1.74. The van der Waals surface area contributed by atoms with E-state index in [1.54, 1.807) is 37.4 Å². The number of ether oxygens (including phenoxy) is 1. The van der Waals surface area contributed by atoms with Crippen LogP contribution in [0.2, 0.25) is 0 Å². The van der Waals surface area contributed by atoms with Crippen molar-refractivity contribution in [2.45, 2.75) is 0 Å². The summed E-state index contributed by atoms with van der Waals surface area (Å²) in [5.41, 5.74) is 0.422. The van der Waals surface area contributed by atoms with E-state index in [9.17, 15) is 14.9 Å². The van der Waals surface area contributed by atoms with Gasteiger partial charge in [-0.1, -0.05) is 12.1 Å². The van der Waals surface area contributed by atoms with Crippen molar-refractivity contribution >= 4 is 39.9 Å². The average Bonchev–Trinajstić information content (AvgIpc) is 2.47. The number of para-hydroxylation sites is 2. The second-order valence-corrected chi connectivity index (χ2v) is 5.24. The number of benzene rings is 2. The SMILES string of the molecule is COc1ccc(C(=O)Nc2ccccc2[N+](=O)[O-])cc1I. The van der Waals surface area contributed by atoms with Crippen molar-refractivity contribution in [3.63, 3.8) is 0 Å². The second-order valence-electron chi connectivity index (χ2n) is 4.08. The van der Waals surface area contributed by atoms with Crippen LogP contribution in [-0.4, -0.2) is 17.9 Å². The standard InChI is InChI=1S/C14H11IN2O4/c1-21-13-7-6-9(8-10(13)15)14(18)16-11-4-2-3-5-12(11)17(19)20/h2-8H,1H3,(H,16,18). The minimum absolute atomic E-state index is 0.144. The van der Waals surface area contributed by atoms with Gasteiger partial charge in [-0.2, -0.15) is 0 Å². The fourth-order valence-corrected chi connectivity index (χ4v) is 2.48. The molecular formula is C14H11IN2O4. The zero-order valence-corrected chi connectivity index (χ0v) is 13.2. The molecule has 108 valence electrons. The molecule has 0 bridgehead atoms. The first-order chi connectivity index (χ1) is 10.0. The van der Waals surface area contributed by atoms with Crippen LogP contribution in [0.25, 0.3) is 0 Å². The molecule has 2 aromatic carbocycles. The third-order valence-corrected chi connectivity index (χ3v) is 3.61. The molecule has 0 aliphatic rings. The van der Waals surface area contributed by atoms with Crippen molar-refractivity contribution in [1.82, 2.24) is 0 Å². The fraction of sp³-hybridized carbons (Fsp3) is 0.0714. The number of nitro benzene ring substituents is 1. The van der Waals surface area contributed by atoms with Gasteiger partial charge in [-0.25, -0.2) is 0 Å². The molecule has 21 heavy (non-hydrogen) atoms. The molecule has 0 aliphatic carbocycles. The Morgan fingerprint density at radius 1 is 1.29 bits per heavy atom. The molecular weight excluding hydrogens is 387 g/mol. The number of anilines is 1. The number of rotatable bonds is 4.